The number of fused-ring (bicyclic) bond motifs is 1. The fourth-order valence-electron chi connectivity index (χ4n) is 4.85. The number of alkyl halides is 2. The molecule has 3 aliphatic rings. The van der Waals surface area contributed by atoms with Gasteiger partial charge in [0.25, 0.3) is 6.43 Å². The van der Waals surface area contributed by atoms with E-state index in [1.165, 1.54) is 12.3 Å². The zero-order valence-corrected chi connectivity index (χ0v) is 17.8. The SMILES string of the molecule is Cc1nc2c(c(N3CCC3)n1)[C@@H](C)N(C(=O)[C@@H]1CCN(c3ccnc(C(F)F)c3)C1)C2. The Bertz CT molecular complexity index is 1010. The summed E-state index contributed by atoms with van der Waals surface area (Å²) in [6, 6.07) is 3.08. The summed E-state index contributed by atoms with van der Waals surface area (Å²) in [5.41, 5.74) is 2.48. The second-order valence-electron chi connectivity index (χ2n) is 8.61. The van der Waals surface area contributed by atoms with E-state index < -0.39 is 6.43 Å². The van der Waals surface area contributed by atoms with Gasteiger partial charge in [-0.25, -0.2) is 18.7 Å². The van der Waals surface area contributed by atoms with Crippen molar-refractivity contribution in [2.24, 2.45) is 5.92 Å². The molecule has 5 heterocycles. The zero-order chi connectivity index (χ0) is 21.7. The lowest BCUT2D eigenvalue weighted by Gasteiger charge is -2.34. The van der Waals surface area contributed by atoms with Crippen molar-refractivity contribution >= 4 is 17.4 Å². The fraction of sp³-hybridized carbons (Fsp3) is 0.545. The van der Waals surface area contributed by atoms with Gasteiger partial charge in [0.15, 0.2) is 0 Å². The third-order valence-corrected chi connectivity index (χ3v) is 6.65. The standard InChI is InChI=1S/C22H26F2N6O/c1-13-19-18(26-14(2)27-21(19)28-7-3-8-28)12-30(13)22(31)15-5-9-29(11-15)16-4-6-25-17(10-16)20(23)24/h4,6,10,13,15,20H,3,5,7-9,11-12H2,1-2H3/t13-,15-/m1/s1. The third kappa shape index (κ3) is 3.49. The molecule has 7 nitrogen and oxygen atoms in total. The van der Waals surface area contributed by atoms with Gasteiger partial charge in [0.1, 0.15) is 17.3 Å². The molecule has 164 valence electrons. The van der Waals surface area contributed by atoms with Crippen molar-refractivity contribution in [1.29, 1.82) is 0 Å². The van der Waals surface area contributed by atoms with E-state index in [0.717, 1.165) is 42.4 Å². The molecule has 2 fully saturated rings. The van der Waals surface area contributed by atoms with Crippen molar-refractivity contribution in [3.8, 4) is 0 Å². The average Bonchev–Trinajstić information content (AvgIpc) is 3.31. The van der Waals surface area contributed by atoms with Gasteiger partial charge in [-0.15, -0.1) is 0 Å². The minimum Gasteiger partial charge on any atom is -0.371 e. The lowest BCUT2D eigenvalue weighted by molar-refractivity contribution is -0.137. The molecule has 2 saturated heterocycles. The first-order valence-electron chi connectivity index (χ1n) is 10.8. The second-order valence-corrected chi connectivity index (χ2v) is 8.61. The van der Waals surface area contributed by atoms with Crippen LogP contribution in [-0.4, -0.2) is 51.9 Å². The number of hydrogen-bond donors (Lipinski definition) is 0. The van der Waals surface area contributed by atoms with E-state index in [2.05, 4.69) is 26.8 Å². The number of nitrogens with zero attached hydrogens (tertiary/aromatic N) is 6. The highest BCUT2D eigenvalue weighted by Crippen LogP contribution is 2.40. The van der Waals surface area contributed by atoms with E-state index in [9.17, 15) is 13.6 Å². The predicted octanol–water partition coefficient (Wildman–Crippen LogP) is 3.26. The third-order valence-electron chi connectivity index (χ3n) is 6.65. The van der Waals surface area contributed by atoms with E-state index in [0.29, 0.717) is 31.7 Å². The molecular weight excluding hydrogens is 402 g/mol. The quantitative estimate of drug-likeness (QED) is 0.745. The summed E-state index contributed by atoms with van der Waals surface area (Å²) in [5, 5.41) is 0. The maximum absolute atomic E-state index is 13.4. The van der Waals surface area contributed by atoms with E-state index in [1.54, 1.807) is 6.07 Å². The Balaban J connectivity index is 1.33. The van der Waals surface area contributed by atoms with Crippen molar-refractivity contribution in [3.63, 3.8) is 0 Å². The first-order valence-corrected chi connectivity index (χ1v) is 10.8. The highest BCUT2D eigenvalue weighted by atomic mass is 19.3. The number of carbonyl (C=O) groups excluding carboxylic acids is 1. The van der Waals surface area contributed by atoms with Crippen LogP contribution in [-0.2, 0) is 11.3 Å². The molecule has 0 N–H and O–H groups in total. The van der Waals surface area contributed by atoms with Crippen LogP contribution in [0, 0.1) is 12.8 Å². The first kappa shape index (κ1) is 20.1. The van der Waals surface area contributed by atoms with Gasteiger partial charge >= 0.3 is 0 Å². The lowest BCUT2D eigenvalue weighted by atomic mass is 10.1. The fourth-order valence-corrected chi connectivity index (χ4v) is 4.85. The molecule has 0 radical (unpaired) electrons. The largest absolute Gasteiger partial charge is 0.371 e. The van der Waals surface area contributed by atoms with Gasteiger partial charge in [0, 0.05) is 43.6 Å². The molecule has 31 heavy (non-hydrogen) atoms. The van der Waals surface area contributed by atoms with Gasteiger partial charge in [0.05, 0.1) is 24.2 Å². The highest BCUT2D eigenvalue weighted by Gasteiger charge is 2.40. The molecule has 0 spiro atoms. The number of rotatable bonds is 4. The normalized spacial score (nSPS) is 22.8. The second kappa shape index (κ2) is 7.69. The summed E-state index contributed by atoms with van der Waals surface area (Å²) >= 11 is 0. The van der Waals surface area contributed by atoms with Gasteiger partial charge in [-0.05, 0) is 38.8 Å². The number of amides is 1. The van der Waals surface area contributed by atoms with E-state index >= 15 is 0 Å². The number of aromatic nitrogens is 3. The maximum atomic E-state index is 13.4. The molecule has 0 aliphatic carbocycles. The van der Waals surface area contributed by atoms with Crippen molar-refractivity contribution in [3.05, 3.63) is 41.1 Å². The highest BCUT2D eigenvalue weighted by molar-refractivity contribution is 5.82. The Morgan fingerprint density at radius 2 is 2.00 bits per heavy atom. The Labute approximate surface area is 180 Å². The summed E-state index contributed by atoms with van der Waals surface area (Å²) in [6.07, 6.45) is 0.668. The minimum atomic E-state index is -2.60. The van der Waals surface area contributed by atoms with Crippen LogP contribution in [0.4, 0.5) is 20.3 Å². The number of anilines is 2. The summed E-state index contributed by atoms with van der Waals surface area (Å²) in [5.74, 6) is 1.65. The molecular formula is C22H26F2N6O. The molecule has 0 aromatic carbocycles. The topological polar surface area (TPSA) is 65.5 Å². The number of pyridine rings is 1. The van der Waals surface area contributed by atoms with Crippen molar-refractivity contribution < 1.29 is 13.6 Å². The van der Waals surface area contributed by atoms with Gasteiger partial charge in [-0.3, -0.25) is 9.78 Å². The van der Waals surface area contributed by atoms with Gasteiger partial charge < -0.3 is 14.7 Å². The van der Waals surface area contributed by atoms with Gasteiger partial charge in [0.2, 0.25) is 5.91 Å². The number of halogens is 2. The summed E-state index contributed by atoms with van der Waals surface area (Å²) in [6.45, 7) is 7.62. The molecule has 1 amide bonds. The Kier molecular flexibility index (Phi) is 4.98. The minimum absolute atomic E-state index is 0.0703. The van der Waals surface area contributed by atoms with Crippen LogP contribution in [0.3, 0.4) is 0 Å². The molecule has 2 atom stereocenters. The van der Waals surface area contributed by atoms with E-state index in [1.807, 2.05) is 16.7 Å². The van der Waals surface area contributed by atoms with E-state index in [-0.39, 0.29) is 23.6 Å². The molecule has 2 aromatic heterocycles. The molecule has 3 aliphatic heterocycles. The van der Waals surface area contributed by atoms with Crippen LogP contribution in [0.25, 0.3) is 0 Å². The van der Waals surface area contributed by atoms with Crippen LogP contribution in [0.2, 0.25) is 0 Å². The molecule has 5 rings (SSSR count). The smallest absolute Gasteiger partial charge is 0.280 e. The Hall–Kier alpha value is -2.84. The van der Waals surface area contributed by atoms with Crippen LogP contribution in [0.1, 0.15) is 55.0 Å². The Morgan fingerprint density at radius 3 is 2.71 bits per heavy atom. The monoisotopic (exact) mass is 428 g/mol. The number of hydrogen-bond acceptors (Lipinski definition) is 6. The number of aryl methyl sites for hydroxylation is 1. The van der Waals surface area contributed by atoms with Crippen LogP contribution < -0.4 is 9.80 Å². The van der Waals surface area contributed by atoms with Crippen LogP contribution >= 0.6 is 0 Å². The molecule has 0 bridgehead atoms. The molecule has 0 saturated carbocycles. The first-order chi connectivity index (χ1) is 14.9. The lowest BCUT2D eigenvalue weighted by Crippen LogP contribution is -2.39. The Morgan fingerprint density at radius 1 is 1.19 bits per heavy atom. The van der Waals surface area contributed by atoms with Crippen LogP contribution in [0.5, 0.6) is 0 Å². The molecule has 0 unspecified atom stereocenters. The van der Waals surface area contributed by atoms with Crippen molar-refractivity contribution in [2.75, 3.05) is 36.0 Å². The van der Waals surface area contributed by atoms with Gasteiger partial charge in [-0.2, -0.15) is 0 Å². The maximum Gasteiger partial charge on any atom is 0.280 e. The van der Waals surface area contributed by atoms with Crippen molar-refractivity contribution in [2.45, 2.75) is 45.7 Å². The van der Waals surface area contributed by atoms with Crippen LogP contribution in [0.15, 0.2) is 18.3 Å². The van der Waals surface area contributed by atoms with E-state index in [4.69, 9.17) is 0 Å². The molecule has 9 heteroatoms. The summed E-state index contributed by atoms with van der Waals surface area (Å²) < 4.78 is 26.0. The summed E-state index contributed by atoms with van der Waals surface area (Å²) in [4.78, 5) is 32.7. The zero-order valence-electron chi connectivity index (χ0n) is 17.8. The number of carbonyl (C=O) groups is 1. The van der Waals surface area contributed by atoms with Gasteiger partial charge in [-0.1, -0.05) is 0 Å². The van der Waals surface area contributed by atoms with Crippen molar-refractivity contribution in [1.82, 2.24) is 19.9 Å². The molecule has 2 aromatic rings. The summed E-state index contributed by atoms with van der Waals surface area (Å²) in [7, 11) is 0. The predicted molar refractivity (Wildman–Crippen MR) is 112 cm³/mol. The average molecular weight is 428 g/mol.